The molecule has 20 heavy (non-hydrogen) atoms. The van der Waals surface area contributed by atoms with Gasteiger partial charge in [-0.1, -0.05) is 55.5 Å². The average molecular weight is 282 g/mol. The van der Waals surface area contributed by atoms with Crippen LogP contribution in [0.3, 0.4) is 0 Å². The molecular formula is C18H18OS. The molecule has 0 radical (unpaired) electrons. The van der Waals surface area contributed by atoms with Crippen LogP contribution in [0.5, 0.6) is 0 Å². The fraction of sp³-hybridized carbons (Fsp3) is 0.278. The molecule has 0 heterocycles. The van der Waals surface area contributed by atoms with Crippen molar-refractivity contribution in [2.75, 3.05) is 0 Å². The molecule has 2 aromatic carbocycles. The van der Waals surface area contributed by atoms with Gasteiger partial charge in [-0.15, -0.1) is 11.8 Å². The number of thioether (sulfide) groups is 1. The van der Waals surface area contributed by atoms with Crippen LogP contribution in [0.2, 0.25) is 0 Å². The quantitative estimate of drug-likeness (QED) is 0.822. The molecule has 0 N–H and O–H groups in total. The highest BCUT2D eigenvalue weighted by atomic mass is 32.2. The molecular weight excluding hydrogens is 264 g/mol. The van der Waals surface area contributed by atoms with Gasteiger partial charge in [0.2, 0.25) is 0 Å². The second-order valence-corrected chi connectivity index (χ2v) is 6.61. The van der Waals surface area contributed by atoms with Crippen LogP contribution in [-0.4, -0.2) is 11.0 Å². The lowest BCUT2D eigenvalue weighted by molar-refractivity contribution is -0.117. The van der Waals surface area contributed by atoms with E-state index in [0.717, 1.165) is 0 Å². The summed E-state index contributed by atoms with van der Waals surface area (Å²) in [4.78, 5) is 13.5. The van der Waals surface area contributed by atoms with Crippen molar-refractivity contribution >= 4 is 17.5 Å². The Labute approximate surface area is 124 Å². The highest BCUT2D eigenvalue weighted by molar-refractivity contribution is 8.00. The third-order valence-electron chi connectivity index (χ3n) is 4.08. The number of carbonyl (C=O) groups is 1. The first kappa shape index (κ1) is 13.4. The van der Waals surface area contributed by atoms with Gasteiger partial charge in [0.25, 0.3) is 0 Å². The van der Waals surface area contributed by atoms with E-state index in [-0.39, 0.29) is 5.25 Å². The monoisotopic (exact) mass is 282 g/mol. The normalized spacial score (nSPS) is 25.9. The Hall–Kier alpha value is -1.54. The molecule has 2 heteroatoms. The van der Waals surface area contributed by atoms with Gasteiger partial charge in [0.15, 0.2) is 0 Å². The second kappa shape index (κ2) is 5.84. The maximum Gasteiger partial charge on any atom is 0.147 e. The molecule has 0 aromatic heterocycles. The highest BCUT2D eigenvalue weighted by Gasteiger charge is 2.40. The summed E-state index contributed by atoms with van der Waals surface area (Å²) in [6, 6.07) is 20.7. The fourth-order valence-electron chi connectivity index (χ4n) is 2.96. The summed E-state index contributed by atoms with van der Waals surface area (Å²) in [6.07, 6.45) is 0.676. The topological polar surface area (TPSA) is 17.1 Å². The number of Topliss-reactive ketones (excluding diaryl/α,β-unsaturated/α-hetero) is 1. The Morgan fingerprint density at radius 3 is 2.20 bits per heavy atom. The van der Waals surface area contributed by atoms with Crippen LogP contribution >= 0.6 is 11.8 Å². The Morgan fingerprint density at radius 2 is 1.55 bits per heavy atom. The molecule has 3 rings (SSSR count). The summed E-state index contributed by atoms with van der Waals surface area (Å²) < 4.78 is 0. The van der Waals surface area contributed by atoms with Gasteiger partial charge in [-0.25, -0.2) is 0 Å². The fourth-order valence-corrected chi connectivity index (χ4v) is 4.20. The van der Waals surface area contributed by atoms with Crippen LogP contribution in [0.1, 0.15) is 24.8 Å². The predicted molar refractivity (Wildman–Crippen MR) is 84.1 cm³/mol. The third kappa shape index (κ3) is 2.66. The number of hydrogen-bond acceptors (Lipinski definition) is 2. The summed E-state index contributed by atoms with van der Waals surface area (Å²) in [6.45, 7) is 2.21. The van der Waals surface area contributed by atoms with Gasteiger partial charge in [0, 0.05) is 11.3 Å². The van der Waals surface area contributed by atoms with Crippen LogP contribution in [0.25, 0.3) is 0 Å². The van der Waals surface area contributed by atoms with Crippen LogP contribution in [0, 0.1) is 5.92 Å². The number of ketones is 1. The van der Waals surface area contributed by atoms with Gasteiger partial charge in [0.1, 0.15) is 5.78 Å². The number of rotatable bonds is 3. The van der Waals surface area contributed by atoms with E-state index in [2.05, 4.69) is 43.3 Å². The smallest absolute Gasteiger partial charge is 0.147 e. The zero-order chi connectivity index (χ0) is 13.9. The number of hydrogen-bond donors (Lipinski definition) is 0. The Balaban J connectivity index is 1.79. The van der Waals surface area contributed by atoms with E-state index in [1.165, 1.54) is 10.5 Å². The summed E-state index contributed by atoms with van der Waals surface area (Å²) in [5.74, 6) is 1.14. The highest BCUT2D eigenvalue weighted by Crippen LogP contribution is 2.44. The van der Waals surface area contributed by atoms with Crippen molar-refractivity contribution < 1.29 is 4.79 Å². The molecule has 0 amide bonds. The Morgan fingerprint density at radius 1 is 0.950 bits per heavy atom. The van der Waals surface area contributed by atoms with Crippen molar-refractivity contribution in [2.24, 2.45) is 5.92 Å². The summed E-state index contributed by atoms with van der Waals surface area (Å²) >= 11 is 1.72. The average Bonchev–Trinajstić information content (AvgIpc) is 2.77. The minimum atomic E-state index is 0.0857. The maximum absolute atomic E-state index is 12.4. The molecule has 1 fully saturated rings. The van der Waals surface area contributed by atoms with E-state index >= 15 is 0 Å². The SMILES string of the molecule is CC1C(Sc2ccccc2)C(=O)CC1c1ccccc1. The van der Waals surface area contributed by atoms with E-state index in [9.17, 15) is 4.79 Å². The molecule has 102 valence electrons. The van der Waals surface area contributed by atoms with Crippen LogP contribution in [0.4, 0.5) is 0 Å². The third-order valence-corrected chi connectivity index (χ3v) is 5.58. The molecule has 1 saturated carbocycles. The van der Waals surface area contributed by atoms with Gasteiger partial charge >= 0.3 is 0 Å². The predicted octanol–water partition coefficient (Wildman–Crippen LogP) is 4.54. The maximum atomic E-state index is 12.4. The first-order chi connectivity index (χ1) is 9.75. The molecule has 1 nitrogen and oxygen atoms in total. The van der Waals surface area contributed by atoms with Gasteiger partial charge in [-0.05, 0) is 29.5 Å². The van der Waals surface area contributed by atoms with E-state index in [4.69, 9.17) is 0 Å². The Bertz CT molecular complexity index is 579. The molecule has 0 saturated heterocycles. The summed E-state index contributed by atoms with van der Waals surface area (Å²) in [5, 5.41) is 0.0857. The molecule has 0 aliphatic heterocycles. The first-order valence-corrected chi connectivity index (χ1v) is 7.93. The van der Waals surface area contributed by atoms with Crippen molar-refractivity contribution in [3.8, 4) is 0 Å². The van der Waals surface area contributed by atoms with Crippen molar-refractivity contribution in [1.29, 1.82) is 0 Å². The molecule has 1 aliphatic carbocycles. The van der Waals surface area contributed by atoms with Gasteiger partial charge in [0.05, 0.1) is 5.25 Å². The molecule has 3 unspecified atom stereocenters. The van der Waals surface area contributed by atoms with E-state index in [0.29, 0.717) is 24.0 Å². The van der Waals surface area contributed by atoms with E-state index in [1.807, 2.05) is 24.3 Å². The van der Waals surface area contributed by atoms with Crippen molar-refractivity contribution in [2.45, 2.75) is 29.4 Å². The molecule has 3 atom stereocenters. The standard InChI is InChI=1S/C18H18OS/c1-13-16(14-8-4-2-5-9-14)12-17(19)18(13)20-15-10-6-3-7-11-15/h2-11,13,16,18H,12H2,1H3. The van der Waals surface area contributed by atoms with E-state index < -0.39 is 0 Å². The summed E-state index contributed by atoms with van der Waals surface area (Å²) in [5.41, 5.74) is 1.30. The summed E-state index contributed by atoms with van der Waals surface area (Å²) in [7, 11) is 0. The molecule has 0 spiro atoms. The lowest BCUT2D eigenvalue weighted by Crippen LogP contribution is -2.16. The molecule has 2 aromatic rings. The van der Waals surface area contributed by atoms with Crippen LogP contribution in [0.15, 0.2) is 65.6 Å². The lowest BCUT2D eigenvalue weighted by atomic mass is 9.90. The Kier molecular flexibility index (Phi) is 3.93. The van der Waals surface area contributed by atoms with Gasteiger partial charge < -0.3 is 0 Å². The number of benzene rings is 2. The number of carbonyl (C=O) groups excluding carboxylic acids is 1. The minimum Gasteiger partial charge on any atom is -0.298 e. The van der Waals surface area contributed by atoms with Crippen LogP contribution in [-0.2, 0) is 4.79 Å². The molecule has 0 bridgehead atoms. The van der Waals surface area contributed by atoms with Crippen LogP contribution < -0.4 is 0 Å². The van der Waals surface area contributed by atoms with Crippen molar-refractivity contribution in [3.05, 3.63) is 66.2 Å². The molecule has 1 aliphatic rings. The van der Waals surface area contributed by atoms with Crippen molar-refractivity contribution in [1.82, 2.24) is 0 Å². The first-order valence-electron chi connectivity index (χ1n) is 7.05. The van der Waals surface area contributed by atoms with Gasteiger partial charge in [-0.3, -0.25) is 4.79 Å². The zero-order valence-corrected chi connectivity index (χ0v) is 12.3. The minimum absolute atomic E-state index is 0.0857. The largest absolute Gasteiger partial charge is 0.298 e. The lowest BCUT2D eigenvalue weighted by Gasteiger charge is -2.19. The van der Waals surface area contributed by atoms with E-state index in [1.54, 1.807) is 11.8 Å². The zero-order valence-electron chi connectivity index (χ0n) is 11.5. The second-order valence-electron chi connectivity index (χ2n) is 5.40. The van der Waals surface area contributed by atoms with Gasteiger partial charge in [-0.2, -0.15) is 0 Å². The van der Waals surface area contributed by atoms with Crippen molar-refractivity contribution in [3.63, 3.8) is 0 Å².